The Bertz CT molecular complexity index is 710. The molecule has 0 unspecified atom stereocenters. The Morgan fingerprint density at radius 3 is 3.05 bits per heavy atom. The lowest BCUT2D eigenvalue weighted by atomic mass is 10.0. The summed E-state index contributed by atoms with van der Waals surface area (Å²) in [5, 5.41) is 11.8. The monoisotopic (exact) mass is 253 g/mol. The second-order valence-electron chi connectivity index (χ2n) is 4.35. The van der Waals surface area contributed by atoms with Crippen LogP contribution in [0, 0.1) is 11.3 Å². The fraction of sp³-hybridized carbons (Fsp3) is 0.154. The molecule has 3 rings (SSSR count). The number of carbonyl (C=O) groups is 1. The highest BCUT2D eigenvalue weighted by Crippen LogP contribution is 2.30. The normalized spacial score (nSPS) is 13.5. The molecule has 0 spiro atoms. The number of carbonyl (C=O) groups excluding carboxylic acids is 1. The Labute approximate surface area is 109 Å². The maximum absolute atomic E-state index is 11.4. The van der Waals surface area contributed by atoms with Crippen molar-refractivity contribution < 1.29 is 4.79 Å². The first-order valence-corrected chi connectivity index (χ1v) is 5.85. The lowest BCUT2D eigenvalue weighted by Crippen LogP contribution is -2.19. The van der Waals surface area contributed by atoms with Crippen molar-refractivity contribution >= 4 is 17.3 Å². The summed E-state index contributed by atoms with van der Waals surface area (Å²) >= 11 is 0. The van der Waals surface area contributed by atoms with E-state index in [0.29, 0.717) is 24.2 Å². The van der Waals surface area contributed by atoms with Crippen LogP contribution in [0.5, 0.6) is 0 Å². The van der Waals surface area contributed by atoms with Crippen LogP contribution in [0.4, 0.5) is 11.4 Å². The largest absolute Gasteiger partial charge is 0.397 e. The highest BCUT2D eigenvalue weighted by Gasteiger charge is 2.18. The molecular weight excluding hydrogens is 242 g/mol. The van der Waals surface area contributed by atoms with Crippen LogP contribution in [0.15, 0.2) is 24.5 Å². The third-order valence-electron chi connectivity index (χ3n) is 3.15. The summed E-state index contributed by atoms with van der Waals surface area (Å²) in [4.78, 5) is 15.4. The second-order valence-corrected chi connectivity index (χ2v) is 4.35. The predicted octanol–water partition coefficient (Wildman–Crippen LogP) is 1.21. The average molecular weight is 253 g/mol. The average Bonchev–Trinajstić information content (AvgIpc) is 2.86. The predicted molar refractivity (Wildman–Crippen MR) is 69.6 cm³/mol. The van der Waals surface area contributed by atoms with Gasteiger partial charge in [0.25, 0.3) is 0 Å². The quantitative estimate of drug-likeness (QED) is 0.746. The summed E-state index contributed by atoms with van der Waals surface area (Å²) in [7, 11) is 0. The minimum atomic E-state index is -0.00522. The third kappa shape index (κ3) is 1.81. The molecule has 0 aliphatic carbocycles. The molecule has 0 bridgehead atoms. The molecule has 0 radical (unpaired) electrons. The summed E-state index contributed by atoms with van der Waals surface area (Å²) in [6.07, 6.45) is 4.36. The van der Waals surface area contributed by atoms with Gasteiger partial charge in [0.15, 0.2) is 0 Å². The molecule has 6 heteroatoms. The van der Waals surface area contributed by atoms with E-state index in [-0.39, 0.29) is 11.7 Å². The SMILES string of the molecule is N#Cc1nccn1-c1cc2c(cc1N)CCC(=O)N2. The molecule has 1 aliphatic rings. The van der Waals surface area contributed by atoms with Crippen molar-refractivity contribution in [3.63, 3.8) is 0 Å². The van der Waals surface area contributed by atoms with Crippen LogP contribution in [0.2, 0.25) is 0 Å². The van der Waals surface area contributed by atoms with Crippen LogP contribution in [0.3, 0.4) is 0 Å². The topological polar surface area (TPSA) is 96.7 Å². The molecule has 3 N–H and O–H groups in total. The van der Waals surface area contributed by atoms with Crippen LogP contribution < -0.4 is 11.1 Å². The Morgan fingerprint density at radius 2 is 2.26 bits per heavy atom. The lowest BCUT2D eigenvalue weighted by molar-refractivity contribution is -0.116. The minimum Gasteiger partial charge on any atom is -0.397 e. The van der Waals surface area contributed by atoms with Crippen molar-refractivity contribution in [2.75, 3.05) is 11.1 Å². The zero-order valence-corrected chi connectivity index (χ0v) is 10.1. The van der Waals surface area contributed by atoms with E-state index in [4.69, 9.17) is 11.0 Å². The maximum atomic E-state index is 11.4. The molecule has 0 fully saturated rings. The number of aromatic nitrogens is 2. The number of nitrogens with two attached hydrogens (primary N) is 1. The number of nitrogens with one attached hydrogen (secondary N) is 1. The van der Waals surface area contributed by atoms with Gasteiger partial charge in [0.2, 0.25) is 11.7 Å². The fourth-order valence-corrected chi connectivity index (χ4v) is 2.23. The molecule has 0 saturated carbocycles. The van der Waals surface area contributed by atoms with Crippen molar-refractivity contribution in [3.05, 3.63) is 35.9 Å². The molecule has 19 heavy (non-hydrogen) atoms. The number of nitriles is 1. The van der Waals surface area contributed by atoms with E-state index in [9.17, 15) is 4.79 Å². The van der Waals surface area contributed by atoms with E-state index in [2.05, 4.69) is 10.3 Å². The third-order valence-corrected chi connectivity index (χ3v) is 3.15. The van der Waals surface area contributed by atoms with E-state index < -0.39 is 0 Å². The Balaban J connectivity index is 2.16. The van der Waals surface area contributed by atoms with Crippen LogP contribution in [0.25, 0.3) is 5.69 Å². The zero-order valence-electron chi connectivity index (χ0n) is 10.1. The maximum Gasteiger partial charge on any atom is 0.224 e. The molecule has 1 amide bonds. The lowest BCUT2D eigenvalue weighted by Gasteiger charge is -2.19. The minimum absolute atomic E-state index is 0.00522. The number of fused-ring (bicyclic) bond motifs is 1. The van der Waals surface area contributed by atoms with Gasteiger partial charge in [-0.3, -0.25) is 9.36 Å². The molecule has 1 aromatic carbocycles. The van der Waals surface area contributed by atoms with Crippen molar-refractivity contribution in [3.8, 4) is 11.8 Å². The standard InChI is InChI=1S/C13H11N5O/c14-7-12-16-3-4-18(12)11-6-10-8(5-9(11)15)1-2-13(19)17-10/h3-6H,1-2,15H2,(H,17,19). The molecule has 1 aliphatic heterocycles. The summed E-state index contributed by atoms with van der Waals surface area (Å²) in [5.74, 6) is 0.253. The molecule has 2 aromatic rings. The molecule has 0 atom stereocenters. The van der Waals surface area contributed by atoms with Crippen LogP contribution in [-0.2, 0) is 11.2 Å². The van der Waals surface area contributed by atoms with E-state index in [1.807, 2.05) is 12.1 Å². The number of hydrogen-bond acceptors (Lipinski definition) is 4. The fourth-order valence-electron chi connectivity index (χ4n) is 2.23. The summed E-state index contributed by atoms with van der Waals surface area (Å²) in [6.45, 7) is 0. The van der Waals surface area contributed by atoms with Gasteiger partial charge in [0.1, 0.15) is 6.07 Å². The van der Waals surface area contributed by atoms with Gasteiger partial charge in [-0.05, 0) is 24.1 Å². The summed E-state index contributed by atoms with van der Waals surface area (Å²) < 4.78 is 1.61. The summed E-state index contributed by atoms with van der Waals surface area (Å²) in [5.41, 5.74) is 8.99. The van der Waals surface area contributed by atoms with Crippen LogP contribution >= 0.6 is 0 Å². The Kier molecular flexibility index (Phi) is 2.46. The Morgan fingerprint density at radius 1 is 1.42 bits per heavy atom. The van der Waals surface area contributed by atoms with Gasteiger partial charge < -0.3 is 11.1 Å². The molecular formula is C13H11N5O. The number of nitrogens with zero attached hydrogens (tertiary/aromatic N) is 3. The molecule has 6 nitrogen and oxygen atoms in total. The van der Waals surface area contributed by atoms with E-state index in [1.165, 1.54) is 6.20 Å². The van der Waals surface area contributed by atoms with Gasteiger partial charge in [-0.2, -0.15) is 5.26 Å². The smallest absolute Gasteiger partial charge is 0.224 e. The number of amides is 1. The molecule has 1 aromatic heterocycles. The van der Waals surface area contributed by atoms with Crippen LogP contribution in [0.1, 0.15) is 17.8 Å². The Hall–Kier alpha value is -2.81. The number of aryl methyl sites for hydroxylation is 1. The van der Waals surface area contributed by atoms with E-state index in [1.54, 1.807) is 16.8 Å². The van der Waals surface area contributed by atoms with Crippen molar-refractivity contribution in [2.45, 2.75) is 12.8 Å². The van der Waals surface area contributed by atoms with Gasteiger partial charge in [-0.25, -0.2) is 4.98 Å². The van der Waals surface area contributed by atoms with Gasteiger partial charge in [0.05, 0.1) is 11.4 Å². The summed E-state index contributed by atoms with van der Waals surface area (Å²) in [6, 6.07) is 5.62. The molecule has 94 valence electrons. The number of nitrogen functional groups attached to an aromatic ring is 1. The van der Waals surface area contributed by atoms with Gasteiger partial charge in [-0.15, -0.1) is 0 Å². The number of anilines is 2. The highest BCUT2D eigenvalue weighted by molar-refractivity contribution is 5.95. The molecule has 0 saturated heterocycles. The van der Waals surface area contributed by atoms with Crippen molar-refractivity contribution in [2.24, 2.45) is 0 Å². The van der Waals surface area contributed by atoms with Crippen molar-refractivity contribution in [1.29, 1.82) is 5.26 Å². The number of hydrogen-bond donors (Lipinski definition) is 2. The molecule has 2 heterocycles. The van der Waals surface area contributed by atoms with Crippen molar-refractivity contribution in [1.82, 2.24) is 9.55 Å². The zero-order chi connectivity index (χ0) is 13.4. The van der Waals surface area contributed by atoms with E-state index in [0.717, 1.165) is 11.3 Å². The van der Waals surface area contributed by atoms with Gasteiger partial charge in [-0.1, -0.05) is 0 Å². The first-order valence-electron chi connectivity index (χ1n) is 5.85. The first kappa shape index (κ1) is 11.3. The highest BCUT2D eigenvalue weighted by atomic mass is 16.1. The number of rotatable bonds is 1. The van der Waals surface area contributed by atoms with E-state index >= 15 is 0 Å². The number of benzene rings is 1. The van der Waals surface area contributed by atoms with Gasteiger partial charge >= 0.3 is 0 Å². The van der Waals surface area contributed by atoms with Crippen LogP contribution in [-0.4, -0.2) is 15.5 Å². The number of imidazole rings is 1. The van der Waals surface area contributed by atoms with Gasteiger partial charge in [0, 0.05) is 24.5 Å². The second kappa shape index (κ2) is 4.14. The first-order chi connectivity index (χ1) is 9.19.